The molecule has 3 heteroatoms. The van der Waals surface area contributed by atoms with Crippen LogP contribution in [0.25, 0.3) is 6.08 Å². The van der Waals surface area contributed by atoms with Gasteiger partial charge in [0.1, 0.15) is 5.82 Å². The zero-order valence-corrected chi connectivity index (χ0v) is 10.7. The molecule has 1 aliphatic rings. The van der Waals surface area contributed by atoms with Gasteiger partial charge in [0.2, 0.25) is 0 Å². The predicted octanol–water partition coefficient (Wildman–Crippen LogP) is 3.19. The first-order valence-electron chi connectivity index (χ1n) is 6.25. The normalized spacial score (nSPS) is 18.9. The Bertz CT molecular complexity index is 409. The topological polar surface area (TPSA) is 31.4 Å². The summed E-state index contributed by atoms with van der Waals surface area (Å²) in [7, 11) is 2.19. The van der Waals surface area contributed by atoms with E-state index in [1.54, 1.807) is 0 Å². The lowest BCUT2D eigenvalue weighted by molar-refractivity contribution is 0.253. The van der Waals surface area contributed by atoms with Crippen molar-refractivity contribution in [2.75, 3.05) is 20.1 Å². The van der Waals surface area contributed by atoms with Crippen LogP contribution in [0.1, 0.15) is 36.9 Å². The van der Waals surface area contributed by atoms with Crippen LogP contribution in [0, 0.1) is 0 Å². The lowest BCUT2D eigenvalue weighted by atomic mass is 9.94. The van der Waals surface area contributed by atoms with E-state index >= 15 is 0 Å². The molecule has 1 N–H and O–H groups in total. The molecule has 2 rings (SSSR count). The van der Waals surface area contributed by atoms with Gasteiger partial charge in [-0.05, 0) is 52.7 Å². The SMILES string of the molecule is C=Nc1[nH]c(C2CCN(C)CC2)cc1/C=C\C. The fourth-order valence-electron chi connectivity index (χ4n) is 2.46. The summed E-state index contributed by atoms with van der Waals surface area (Å²) >= 11 is 0. The summed E-state index contributed by atoms with van der Waals surface area (Å²) in [6, 6.07) is 2.22. The van der Waals surface area contributed by atoms with Crippen molar-refractivity contribution in [2.24, 2.45) is 4.99 Å². The molecule has 2 heterocycles. The molecule has 0 aromatic carbocycles. The van der Waals surface area contributed by atoms with Gasteiger partial charge in [0, 0.05) is 17.2 Å². The summed E-state index contributed by atoms with van der Waals surface area (Å²) in [6.07, 6.45) is 6.57. The number of hydrogen-bond acceptors (Lipinski definition) is 2. The van der Waals surface area contributed by atoms with Crippen LogP contribution in [0.3, 0.4) is 0 Å². The number of rotatable bonds is 3. The van der Waals surface area contributed by atoms with Crippen molar-refractivity contribution in [1.29, 1.82) is 0 Å². The molecule has 1 aromatic heterocycles. The van der Waals surface area contributed by atoms with Crippen molar-refractivity contribution in [3.8, 4) is 0 Å². The first-order valence-corrected chi connectivity index (χ1v) is 6.25. The Hall–Kier alpha value is -1.35. The van der Waals surface area contributed by atoms with Crippen LogP contribution in [0.4, 0.5) is 5.82 Å². The number of nitrogens with one attached hydrogen (secondary N) is 1. The molecule has 3 nitrogen and oxygen atoms in total. The molecular formula is C14H21N3. The first kappa shape index (κ1) is 12.1. The van der Waals surface area contributed by atoms with Gasteiger partial charge in [-0.2, -0.15) is 0 Å². The minimum atomic E-state index is 0.644. The van der Waals surface area contributed by atoms with E-state index in [9.17, 15) is 0 Å². The minimum absolute atomic E-state index is 0.644. The van der Waals surface area contributed by atoms with E-state index in [2.05, 4.69) is 40.8 Å². The van der Waals surface area contributed by atoms with Gasteiger partial charge in [0.25, 0.3) is 0 Å². The summed E-state index contributed by atoms with van der Waals surface area (Å²) < 4.78 is 0. The van der Waals surface area contributed by atoms with E-state index in [1.165, 1.54) is 31.6 Å². The van der Waals surface area contributed by atoms with Gasteiger partial charge in [0.15, 0.2) is 0 Å². The van der Waals surface area contributed by atoms with Crippen molar-refractivity contribution >= 4 is 18.6 Å². The lowest BCUT2D eigenvalue weighted by Gasteiger charge is -2.28. The number of hydrogen-bond donors (Lipinski definition) is 1. The van der Waals surface area contributed by atoms with Crippen LogP contribution in [-0.2, 0) is 0 Å². The third-order valence-electron chi connectivity index (χ3n) is 3.51. The van der Waals surface area contributed by atoms with Gasteiger partial charge in [0.05, 0.1) is 0 Å². The summed E-state index contributed by atoms with van der Waals surface area (Å²) in [5.74, 6) is 1.54. The predicted molar refractivity (Wildman–Crippen MR) is 74.2 cm³/mol. The molecule has 0 saturated carbocycles. The van der Waals surface area contributed by atoms with Crippen LogP contribution >= 0.6 is 0 Å². The smallest absolute Gasteiger partial charge is 0.136 e. The average Bonchev–Trinajstić information content (AvgIpc) is 2.74. The van der Waals surface area contributed by atoms with Crippen molar-refractivity contribution in [1.82, 2.24) is 9.88 Å². The van der Waals surface area contributed by atoms with Gasteiger partial charge in [-0.25, -0.2) is 4.99 Å². The largest absolute Gasteiger partial charge is 0.343 e. The van der Waals surface area contributed by atoms with Gasteiger partial charge in [-0.3, -0.25) is 0 Å². The number of H-pyrrole nitrogens is 1. The van der Waals surface area contributed by atoms with Gasteiger partial charge in [-0.1, -0.05) is 12.2 Å². The monoisotopic (exact) mass is 231 g/mol. The number of nitrogens with zero attached hydrogens (tertiary/aromatic N) is 2. The van der Waals surface area contributed by atoms with Gasteiger partial charge >= 0.3 is 0 Å². The molecule has 1 saturated heterocycles. The first-order chi connectivity index (χ1) is 8.24. The highest BCUT2D eigenvalue weighted by molar-refractivity contribution is 5.64. The maximum absolute atomic E-state index is 4.05. The Kier molecular flexibility index (Phi) is 3.79. The second-order valence-corrected chi connectivity index (χ2v) is 4.76. The third-order valence-corrected chi connectivity index (χ3v) is 3.51. The number of likely N-dealkylation sites (tertiary alicyclic amines) is 1. The minimum Gasteiger partial charge on any atom is -0.343 e. The van der Waals surface area contributed by atoms with Crippen LogP contribution in [0.15, 0.2) is 17.1 Å². The average molecular weight is 231 g/mol. The van der Waals surface area contributed by atoms with Crippen molar-refractivity contribution in [3.63, 3.8) is 0 Å². The van der Waals surface area contributed by atoms with E-state index in [0.29, 0.717) is 5.92 Å². The molecule has 0 amide bonds. The summed E-state index contributed by atoms with van der Waals surface area (Å²) in [6.45, 7) is 8.00. The highest BCUT2D eigenvalue weighted by atomic mass is 15.1. The van der Waals surface area contributed by atoms with Crippen molar-refractivity contribution < 1.29 is 0 Å². The second-order valence-electron chi connectivity index (χ2n) is 4.76. The van der Waals surface area contributed by atoms with E-state index in [-0.39, 0.29) is 0 Å². The van der Waals surface area contributed by atoms with Crippen LogP contribution in [0.2, 0.25) is 0 Å². The molecule has 1 aromatic rings. The number of aliphatic imine (C=N–C) groups is 1. The summed E-state index contributed by atoms with van der Waals surface area (Å²) in [5.41, 5.74) is 2.46. The Morgan fingerprint density at radius 2 is 2.18 bits per heavy atom. The quantitative estimate of drug-likeness (QED) is 0.796. The standard InChI is InChI=1S/C14H21N3/c1-4-5-12-10-13(16-14(12)15-2)11-6-8-17(3)9-7-11/h4-5,10-11,16H,2,6-9H2,1,3H3/b5-4-. The molecule has 0 atom stereocenters. The third kappa shape index (κ3) is 2.67. The maximum Gasteiger partial charge on any atom is 0.136 e. The van der Waals surface area contributed by atoms with Gasteiger partial charge in [-0.15, -0.1) is 0 Å². The molecule has 17 heavy (non-hydrogen) atoms. The van der Waals surface area contributed by atoms with Crippen LogP contribution in [-0.4, -0.2) is 36.7 Å². The molecule has 1 fully saturated rings. The fourth-order valence-corrected chi connectivity index (χ4v) is 2.46. The Labute approximate surface area is 103 Å². The molecule has 0 spiro atoms. The van der Waals surface area contributed by atoms with E-state index in [4.69, 9.17) is 0 Å². The number of aromatic nitrogens is 1. The number of aromatic amines is 1. The molecule has 0 radical (unpaired) electrons. The molecule has 0 bridgehead atoms. The van der Waals surface area contributed by atoms with E-state index in [1.807, 2.05) is 13.0 Å². The van der Waals surface area contributed by atoms with Crippen molar-refractivity contribution in [3.05, 3.63) is 23.4 Å². The maximum atomic E-state index is 4.05. The summed E-state index contributed by atoms with van der Waals surface area (Å²) in [5, 5.41) is 0. The molecular weight excluding hydrogens is 210 g/mol. The molecule has 92 valence electrons. The zero-order valence-electron chi connectivity index (χ0n) is 10.7. The highest BCUT2D eigenvalue weighted by Gasteiger charge is 2.20. The summed E-state index contributed by atoms with van der Waals surface area (Å²) in [4.78, 5) is 9.84. The molecule has 0 aliphatic carbocycles. The second kappa shape index (κ2) is 5.32. The van der Waals surface area contributed by atoms with Crippen LogP contribution < -0.4 is 0 Å². The van der Waals surface area contributed by atoms with Gasteiger partial charge < -0.3 is 9.88 Å². The Morgan fingerprint density at radius 3 is 2.76 bits per heavy atom. The number of piperidine rings is 1. The van der Waals surface area contributed by atoms with E-state index in [0.717, 1.165) is 11.4 Å². The fraction of sp³-hybridized carbons (Fsp3) is 0.500. The Morgan fingerprint density at radius 1 is 1.47 bits per heavy atom. The highest BCUT2D eigenvalue weighted by Crippen LogP contribution is 2.31. The Balaban J connectivity index is 2.18. The van der Waals surface area contributed by atoms with Crippen LogP contribution in [0.5, 0.6) is 0 Å². The zero-order chi connectivity index (χ0) is 12.3. The van der Waals surface area contributed by atoms with Crippen molar-refractivity contribution in [2.45, 2.75) is 25.7 Å². The number of allylic oxidation sites excluding steroid dienone is 1. The van der Waals surface area contributed by atoms with E-state index < -0.39 is 0 Å². The molecule has 1 aliphatic heterocycles. The lowest BCUT2D eigenvalue weighted by Crippen LogP contribution is -2.29. The molecule has 0 unspecified atom stereocenters.